The first kappa shape index (κ1) is 10.4. The van der Waals surface area contributed by atoms with Crippen molar-refractivity contribution in [3.05, 3.63) is 23.1 Å². The smallest absolute Gasteiger partial charge is 0.263 e. The second-order valence-electron chi connectivity index (χ2n) is 4.05. The summed E-state index contributed by atoms with van der Waals surface area (Å²) >= 11 is 1.47. The normalized spacial score (nSPS) is 13.1. The molecule has 4 nitrogen and oxygen atoms in total. The first-order valence-corrected chi connectivity index (χ1v) is 6.01. The molecule has 0 fully saturated rings. The summed E-state index contributed by atoms with van der Waals surface area (Å²) < 4.78 is 11.7. The van der Waals surface area contributed by atoms with Crippen molar-refractivity contribution in [2.24, 2.45) is 0 Å². The molecule has 1 aliphatic heterocycles. The van der Waals surface area contributed by atoms with Crippen molar-refractivity contribution in [1.29, 1.82) is 0 Å². The lowest BCUT2D eigenvalue weighted by atomic mass is 10.2. The minimum absolute atomic E-state index is 0.0215. The largest absolute Gasteiger partial charge is 0.454 e. The standard InChI is InChI=1S/C12H11NO3S/c1-13(2)12(14)11-4-7-3-8-9(16-6-15-8)5-10(7)17-11/h3-5H,6H2,1-2H3. The zero-order valence-electron chi connectivity index (χ0n) is 9.52. The van der Waals surface area contributed by atoms with Crippen LogP contribution in [0.5, 0.6) is 11.5 Å². The van der Waals surface area contributed by atoms with Crippen molar-refractivity contribution in [3.63, 3.8) is 0 Å². The molecule has 0 N–H and O–H groups in total. The molecule has 0 spiro atoms. The highest BCUT2D eigenvalue weighted by atomic mass is 32.1. The topological polar surface area (TPSA) is 38.8 Å². The van der Waals surface area contributed by atoms with Crippen LogP contribution < -0.4 is 9.47 Å². The molecule has 1 aliphatic rings. The van der Waals surface area contributed by atoms with E-state index in [0.717, 1.165) is 26.5 Å². The number of ether oxygens (including phenoxy) is 2. The summed E-state index contributed by atoms with van der Waals surface area (Å²) in [5.41, 5.74) is 0. The Hall–Kier alpha value is -1.75. The average Bonchev–Trinajstić information content (AvgIpc) is 2.88. The molecule has 5 heteroatoms. The second kappa shape index (κ2) is 3.63. The summed E-state index contributed by atoms with van der Waals surface area (Å²) in [5, 5.41) is 1.02. The molecule has 88 valence electrons. The Kier molecular flexibility index (Phi) is 2.22. The number of fused-ring (bicyclic) bond motifs is 2. The van der Waals surface area contributed by atoms with Gasteiger partial charge in [0.15, 0.2) is 11.5 Å². The van der Waals surface area contributed by atoms with Crippen molar-refractivity contribution in [2.45, 2.75) is 0 Å². The van der Waals surface area contributed by atoms with Crippen LogP contribution in [0.15, 0.2) is 18.2 Å². The fraction of sp³-hybridized carbons (Fsp3) is 0.250. The molecule has 1 aromatic heterocycles. The van der Waals surface area contributed by atoms with Gasteiger partial charge in [-0.1, -0.05) is 0 Å². The quantitative estimate of drug-likeness (QED) is 0.778. The van der Waals surface area contributed by atoms with E-state index in [-0.39, 0.29) is 12.7 Å². The minimum Gasteiger partial charge on any atom is -0.454 e. The monoisotopic (exact) mass is 249 g/mol. The van der Waals surface area contributed by atoms with Gasteiger partial charge in [-0.2, -0.15) is 0 Å². The lowest BCUT2D eigenvalue weighted by molar-refractivity contribution is 0.0832. The Bertz CT molecular complexity index is 562. The zero-order chi connectivity index (χ0) is 12.0. The number of hydrogen-bond donors (Lipinski definition) is 0. The second-order valence-corrected chi connectivity index (χ2v) is 5.14. The summed E-state index contributed by atoms with van der Waals surface area (Å²) in [6.45, 7) is 0.274. The van der Waals surface area contributed by atoms with Gasteiger partial charge in [0, 0.05) is 24.9 Å². The molecule has 17 heavy (non-hydrogen) atoms. The number of carbonyl (C=O) groups excluding carboxylic acids is 1. The first-order chi connectivity index (χ1) is 8.15. The maximum absolute atomic E-state index is 11.8. The number of benzene rings is 1. The molecule has 0 unspecified atom stereocenters. The highest BCUT2D eigenvalue weighted by molar-refractivity contribution is 7.20. The maximum Gasteiger partial charge on any atom is 0.263 e. The molecule has 2 heterocycles. The van der Waals surface area contributed by atoms with Gasteiger partial charge in [-0.3, -0.25) is 4.79 Å². The van der Waals surface area contributed by atoms with Crippen LogP contribution in [0.25, 0.3) is 10.1 Å². The number of nitrogens with zero attached hydrogens (tertiary/aromatic N) is 1. The number of hydrogen-bond acceptors (Lipinski definition) is 4. The number of carbonyl (C=O) groups is 1. The number of amides is 1. The third-order valence-electron chi connectivity index (χ3n) is 2.63. The van der Waals surface area contributed by atoms with Crippen molar-refractivity contribution in [2.75, 3.05) is 20.9 Å². The molecule has 0 saturated carbocycles. The van der Waals surface area contributed by atoms with Gasteiger partial charge < -0.3 is 14.4 Å². The molecule has 1 aromatic carbocycles. The molecular weight excluding hydrogens is 238 g/mol. The first-order valence-electron chi connectivity index (χ1n) is 5.20. The van der Waals surface area contributed by atoms with Gasteiger partial charge in [0.2, 0.25) is 6.79 Å². The molecule has 0 radical (unpaired) electrons. The molecule has 0 bridgehead atoms. The summed E-state index contributed by atoms with van der Waals surface area (Å²) in [6.07, 6.45) is 0. The van der Waals surface area contributed by atoms with Gasteiger partial charge in [-0.15, -0.1) is 11.3 Å². The molecular formula is C12H11NO3S. The Morgan fingerprint density at radius 2 is 1.94 bits per heavy atom. The molecule has 0 aliphatic carbocycles. The van der Waals surface area contributed by atoms with Crippen LogP contribution in [0.4, 0.5) is 0 Å². The summed E-state index contributed by atoms with van der Waals surface area (Å²) in [5.74, 6) is 1.52. The highest BCUT2D eigenvalue weighted by Crippen LogP contribution is 2.39. The van der Waals surface area contributed by atoms with E-state index in [0.29, 0.717) is 0 Å². The van der Waals surface area contributed by atoms with Crippen LogP contribution in [0, 0.1) is 0 Å². The third-order valence-corrected chi connectivity index (χ3v) is 3.71. The van der Waals surface area contributed by atoms with Crippen LogP contribution in [0.2, 0.25) is 0 Å². The van der Waals surface area contributed by atoms with Crippen LogP contribution in [-0.4, -0.2) is 31.7 Å². The Morgan fingerprint density at radius 1 is 1.24 bits per heavy atom. The predicted octanol–water partition coefficient (Wildman–Crippen LogP) is 2.33. The molecule has 2 aromatic rings. The summed E-state index contributed by atoms with van der Waals surface area (Å²) in [7, 11) is 3.50. The minimum atomic E-state index is 0.0215. The van der Waals surface area contributed by atoms with E-state index in [4.69, 9.17) is 9.47 Å². The van der Waals surface area contributed by atoms with Crippen LogP contribution in [-0.2, 0) is 0 Å². The van der Waals surface area contributed by atoms with Gasteiger partial charge in [-0.25, -0.2) is 0 Å². The Labute approximate surface area is 102 Å². The average molecular weight is 249 g/mol. The fourth-order valence-electron chi connectivity index (χ4n) is 1.76. The molecule has 3 rings (SSSR count). The lowest BCUT2D eigenvalue weighted by Gasteiger charge is -2.06. The maximum atomic E-state index is 11.8. The van der Waals surface area contributed by atoms with Crippen LogP contribution in [0.1, 0.15) is 9.67 Å². The predicted molar refractivity (Wildman–Crippen MR) is 66.0 cm³/mol. The molecule has 0 saturated heterocycles. The van der Waals surface area contributed by atoms with E-state index in [9.17, 15) is 4.79 Å². The van der Waals surface area contributed by atoms with Crippen molar-refractivity contribution in [3.8, 4) is 11.5 Å². The Morgan fingerprint density at radius 3 is 2.65 bits per heavy atom. The third kappa shape index (κ3) is 1.63. The zero-order valence-corrected chi connectivity index (χ0v) is 10.3. The highest BCUT2D eigenvalue weighted by Gasteiger charge is 2.18. The van der Waals surface area contributed by atoms with Crippen molar-refractivity contribution >= 4 is 27.3 Å². The van der Waals surface area contributed by atoms with Gasteiger partial charge in [0.1, 0.15) is 0 Å². The van der Waals surface area contributed by atoms with Crippen molar-refractivity contribution < 1.29 is 14.3 Å². The van der Waals surface area contributed by atoms with E-state index < -0.39 is 0 Å². The van der Waals surface area contributed by atoms with Crippen molar-refractivity contribution in [1.82, 2.24) is 4.90 Å². The fourth-order valence-corrected chi connectivity index (χ4v) is 2.85. The molecule has 1 amide bonds. The Balaban J connectivity index is 2.11. The summed E-state index contributed by atoms with van der Waals surface area (Å²) in [6, 6.07) is 5.74. The van der Waals surface area contributed by atoms with Gasteiger partial charge >= 0.3 is 0 Å². The van der Waals surface area contributed by atoms with E-state index in [1.807, 2.05) is 18.2 Å². The van der Waals surface area contributed by atoms with E-state index in [1.165, 1.54) is 11.3 Å². The van der Waals surface area contributed by atoms with Gasteiger partial charge in [0.25, 0.3) is 5.91 Å². The van der Waals surface area contributed by atoms with E-state index in [2.05, 4.69) is 0 Å². The van der Waals surface area contributed by atoms with E-state index >= 15 is 0 Å². The number of rotatable bonds is 1. The number of thiophene rings is 1. The lowest BCUT2D eigenvalue weighted by Crippen LogP contribution is -2.20. The molecule has 0 atom stereocenters. The van der Waals surface area contributed by atoms with E-state index in [1.54, 1.807) is 19.0 Å². The summed E-state index contributed by atoms with van der Waals surface area (Å²) in [4.78, 5) is 14.1. The van der Waals surface area contributed by atoms with Crippen LogP contribution in [0.3, 0.4) is 0 Å². The van der Waals surface area contributed by atoms with Gasteiger partial charge in [-0.05, 0) is 17.5 Å². The SMILES string of the molecule is CN(C)C(=O)c1cc2cc3c(cc2s1)OCO3. The van der Waals surface area contributed by atoms with Crippen LogP contribution >= 0.6 is 11.3 Å². The van der Waals surface area contributed by atoms with Gasteiger partial charge in [0.05, 0.1) is 4.88 Å².